The highest BCUT2D eigenvalue weighted by molar-refractivity contribution is 7.89. The lowest BCUT2D eigenvalue weighted by Crippen LogP contribution is -2.31. The fourth-order valence-corrected chi connectivity index (χ4v) is 4.50. The summed E-state index contributed by atoms with van der Waals surface area (Å²) < 4.78 is 42.4. The molecule has 0 unspecified atom stereocenters. The summed E-state index contributed by atoms with van der Waals surface area (Å²) in [5.74, 6) is 0.360. The average Bonchev–Trinajstić information content (AvgIpc) is 2.68. The molecular weight excluding hydrogens is 406 g/mol. The normalized spacial score (nSPS) is 11.4. The summed E-state index contributed by atoms with van der Waals surface area (Å²) in [5.41, 5.74) is 0.0527. The van der Waals surface area contributed by atoms with Crippen LogP contribution in [0.5, 0.6) is 17.2 Å². The molecule has 0 aliphatic rings. The third-order valence-corrected chi connectivity index (χ3v) is 6.56. The minimum atomic E-state index is -3.83. The van der Waals surface area contributed by atoms with Crippen LogP contribution in [0.2, 0.25) is 5.02 Å². The Morgan fingerprint density at radius 3 is 2.00 bits per heavy atom. The number of methoxy groups -OCH3 is 2. The third-order valence-electron chi connectivity index (χ3n) is 4.03. The number of carbonyl (C=O) groups is 1. The van der Waals surface area contributed by atoms with Crippen molar-refractivity contribution in [2.45, 2.75) is 18.7 Å². The van der Waals surface area contributed by atoms with Crippen molar-refractivity contribution in [3.63, 3.8) is 0 Å². The predicted octanol–water partition coefficient (Wildman–Crippen LogP) is 3.61. The molecule has 0 radical (unpaired) electrons. The molecule has 0 atom stereocenters. The Kier molecular flexibility index (Phi) is 7.29. The molecule has 9 heteroatoms. The van der Waals surface area contributed by atoms with Crippen LogP contribution in [0.3, 0.4) is 0 Å². The van der Waals surface area contributed by atoms with E-state index in [-0.39, 0.29) is 34.3 Å². The Morgan fingerprint density at radius 2 is 1.50 bits per heavy atom. The number of halogens is 1. The number of sulfonamides is 1. The number of benzene rings is 2. The zero-order valence-corrected chi connectivity index (χ0v) is 17.6. The van der Waals surface area contributed by atoms with Crippen molar-refractivity contribution in [1.82, 2.24) is 4.31 Å². The van der Waals surface area contributed by atoms with Crippen LogP contribution >= 0.6 is 11.6 Å². The minimum Gasteiger partial charge on any atom is -0.496 e. The number of hydrogen-bond acceptors (Lipinski definition) is 6. The van der Waals surface area contributed by atoms with Crippen molar-refractivity contribution < 1.29 is 27.4 Å². The van der Waals surface area contributed by atoms with E-state index >= 15 is 0 Å². The van der Waals surface area contributed by atoms with Crippen LogP contribution in [0, 0.1) is 0 Å². The van der Waals surface area contributed by atoms with Gasteiger partial charge in [-0.15, -0.1) is 0 Å². The van der Waals surface area contributed by atoms with Crippen molar-refractivity contribution >= 4 is 27.6 Å². The second-order valence-corrected chi connectivity index (χ2v) is 7.99. The summed E-state index contributed by atoms with van der Waals surface area (Å²) in [6, 6.07) is 8.65. The molecule has 0 amide bonds. The van der Waals surface area contributed by atoms with Crippen LogP contribution in [-0.2, 0) is 10.0 Å². The quantitative estimate of drug-likeness (QED) is 0.472. The van der Waals surface area contributed by atoms with Gasteiger partial charge in [0.05, 0.1) is 24.8 Å². The number of ether oxygens (including phenoxy) is 3. The van der Waals surface area contributed by atoms with Crippen LogP contribution < -0.4 is 14.2 Å². The van der Waals surface area contributed by atoms with Crippen LogP contribution in [0.25, 0.3) is 0 Å². The lowest BCUT2D eigenvalue weighted by Gasteiger charge is -2.19. The van der Waals surface area contributed by atoms with Gasteiger partial charge in [0.15, 0.2) is 0 Å². The number of rotatable bonds is 8. The van der Waals surface area contributed by atoms with Crippen LogP contribution in [0.1, 0.15) is 24.2 Å². The lowest BCUT2D eigenvalue weighted by atomic mass is 10.2. The van der Waals surface area contributed by atoms with E-state index in [2.05, 4.69) is 0 Å². The monoisotopic (exact) mass is 427 g/mol. The number of esters is 1. The van der Waals surface area contributed by atoms with E-state index in [1.807, 2.05) is 0 Å². The van der Waals surface area contributed by atoms with E-state index in [1.54, 1.807) is 19.9 Å². The first kappa shape index (κ1) is 22.0. The van der Waals surface area contributed by atoms with E-state index in [1.165, 1.54) is 48.9 Å². The van der Waals surface area contributed by atoms with E-state index in [0.29, 0.717) is 11.5 Å². The van der Waals surface area contributed by atoms with Crippen molar-refractivity contribution in [2.75, 3.05) is 27.3 Å². The van der Waals surface area contributed by atoms with Gasteiger partial charge in [0, 0.05) is 31.3 Å². The molecule has 2 aromatic rings. The largest absolute Gasteiger partial charge is 0.496 e. The Morgan fingerprint density at radius 1 is 0.964 bits per heavy atom. The molecule has 0 saturated heterocycles. The van der Waals surface area contributed by atoms with E-state index in [0.717, 1.165) is 0 Å². The molecule has 152 valence electrons. The molecule has 0 spiro atoms. The molecule has 0 aromatic heterocycles. The molecule has 2 aromatic carbocycles. The van der Waals surface area contributed by atoms with Crippen molar-refractivity contribution in [3.05, 3.63) is 47.0 Å². The predicted molar refractivity (Wildman–Crippen MR) is 106 cm³/mol. The first-order valence-corrected chi connectivity index (χ1v) is 10.3. The molecule has 0 heterocycles. The van der Waals surface area contributed by atoms with Gasteiger partial charge in [-0.1, -0.05) is 25.4 Å². The number of nitrogens with zero attached hydrogens (tertiary/aromatic N) is 1. The molecule has 0 saturated carbocycles. The second-order valence-electron chi connectivity index (χ2n) is 5.67. The highest BCUT2D eigenvalue weighted by Gasteiger charge is 2.26. The van der Waals surface area contributed by atoms with Gasteiger partial charge in [-0.05, 0) is 18.2 Å². The van der Waals surface area contributed by atoms with E-state index in [9.17, 15) is 13.2 Å². The molecule has 7 nitrogen and oxygen atoms in total. The van der Waals surface area contributed by atoms with Crippen LogP contribution in [0.15, 0.2) is 41.3 Å². The van der Waals surface area contributed by atoms with Gasteiger partial charge in [-0.25, -0.2) is 13.2 Å². The maximum absolute atomic E-state index is 12.8. The molecule has 28 heavy (non-hydrogen) atoms. The molecule has 0 aliphatic carbocycles. The number of hydrogen-bond donors (Lipinski definition) is 0. The SMILES string of the molecule is CCN(CC)S(=O)(=O)c1cc(C(=O)Oc2cc(OC)cc(OC)c2)ccc1Cl. The minimum absolute atomic E-state index is 0.0338. The van der Waals surface area contributed by atoms with Gasteiger partial charge in [0.25, 0.3) is 0 Å². The first-order chi connectivity index (χ1) is 13.3. The van der Waals surface area contributed by atoms with Crippen molar-refractivity contribution in [2.24, 2.45) is 0 Å². The standard InChI is InChI=1S/C19H22ClNO6S/c1-5-21(6-2)28(23,24)18-9-13(7-8-17(18)20)19(22)27-16-11-14(25-3)10-15(12-16)26-4/h7-12H,5-6H2,1-4H3. The molecule has 2 rings (SSSR count). The Labute approximate surface area is 169 Å². The summed E-state index contributed by atoms with van der Waals surface area (Å²) in [5, 5.41) is 0.0338. The van der Waals surface area contributed by atoms with Gasteiger partial charge >= 0.3 is 5.97 Å². The molecule has 0 aliphatic heterocycles. The van der Waals surface area contributed by atoms with Gasteiger partial charge in [-0.2, -0.15) is 4.31 Å². The Hall–Kier alpha value is -2.29. The van der Waals surface area contributed by atoms with Crippen molar-refractivity contribution in [1.29, 1.82) is 0 Å². The smallest absolute Gasteiger partial charge is 0.343 e. The third kappa shape index (κ3) is 4.76. The maximum Gasteiger partial charge on any atom is 0.343 e. The molecule has 0 fully saturated rings. The van der Waals surface area contributed by atoms with Gasteiger partial charge in [0.2, 0.25) is 10.0 Å². The lowest BCUT2D eigenvalue weighted by molar-refractivity contribution is 0.0734. The van der Waals surface area contributed by atoms with E-state index < -0.39 is 16.0 Å². The summed E-state index contributed by atoms with van der Waals surface area (Å²) in [4.78, 5) is 12.4. The van der Waals surface area contributed by atoms with Crippen LogP contribution in [0.4, 0.5) is 0 Å². The first-order valence-electron chi connectivity index (χ1n) is 8.51. The highest BCUT2D eigenvalue weighted by Crippen LogP contribution is 2.29. The summed E-state index contributed by atoms with van der Waals surface area (Å²) in [6.07, 6.45) is 0. The summed E-state index contributed by atoms with van der Waals surface area (Å²) in [6.45, 7) is 4.02. The molecule has 0 N–H and O–H groups in total. The van der Waals surface area contributed by atoms with Crippen molar-refractivity contribution in [3.8, 4) is 17.2 Å². The fourth-order valence-electron chi connectivity index (χ4n) is 2.54. The zero-order valence-electron chi connectivity index (χ0n) is 16.1. The summed E-state index contributed by atoms with van der Waals surface area (Å²) >= 11 is 6.09. The molecule has 0 bridgehead atoms. The van der Waals surface area contributed by atoms with Gasteiger partial charge < -0.3 is 14.2 Å². The second kappa shape index (κ2) is 9.27. The average molecular weight is 428 g/mol. The Bertz CT molecular complexity index is 935. The van der Waals surface area contributed by atoms with Crippen LogP contribution in [-0.4, -0.2) is 46.0 Å². The molecular formula is C19H22ClNO6S. The number of carbonyl (C=O) groups excluding carboxylic acids is 1. The zero-order chi connectivity index (χ0) is 20.9. The maximum atomic E-state index is 12.8. The topological polar surface area (TPSA) is 82.1 Å². The van der Waals surface area contributed by atoms with Gasteiger partial charge in [-0.3, -0.25) is 0 Å². The van der Waals surface area contributed by atoms with E-state index in [4.69, 9.17) is 25.8 Å². The fraction of sp³-hybridized carbons (Fsp3) is 0.316. The highest BCUT2D eigenvalue weighted by atomic mass is 35.5. The summed E-state index contributed by atoms with van der Waals surface area (Å²) in [7, 11) is -0.876. The van der Waals surface area contributed by atoms with Gasteiger partial charge in [0.1, 0.15) is 22.1 Å². The Balaban J connectivity index is 2.38.